The Bertz CT molecular complexity index is 722. The Labute approximate surface area is 153 Å². The molecule has 136 valence electrons. The van der Waals surface area contributed by atoms with Gasteiger partial charge in [0.25, 0.3) is 0 Å². The van der Waals surface area contributed by atoms with Crippen LogP contribution < -0.4 is 10.8 Å². The lowest BCUT2D eigenvalue weighted by molar-refractivity contribution is 0.234. The molecule has 1 aromatic heterocycles. The highest BCUT2D eigenvalue weighted by Crippen LogP contribution is 2.23. The molecule has 0 radical (unpaired) electrons. The first-order valence-corrected chi connectivity index (χ1v) is 8.88. The maximum atomic E-state index is 13.3. The molecule has 1 aromatic carbocycles. The van der Waals surface area contributed by atoms with Gasteiger partial charge in [0.1, 0.15) is 5.82 Å². The van der Waals surface area contributed by atoms with E-state index in [9.17, 15) is 9.60 Å². The summed E-state index contributed by atoms with van der Waals surface area (Å²) in [7, 11) is 0. The number of amidine groups is 1. The van der Waals surface area contributed by atoms with E-state index >= 15 is 0 Å². The Morgan fingerprint density at radius 3 is 2.84 bits per heavy atom. The van der Waals surface area contributed by atoms with E-state index in [-0.39, 0.29) is 16.0 Å². The Balaban J connectivity index is 2.19. The molecule has 0 amide bonds. The van der Waals surface area contributed by atoms with Gasteiger partial charge in [-0.05, 0) is 56.8 Å². The van der Waals surface area contributed by atoms with Crippen molar-refractivity contribution in [2.75, 3.05) is 11.9 Å². The summed E-state index contributed by atoms with van der Waals surface area (Å²) in [5.41, 5.74) is 2.66. The summed E-state index contributed by atoms with van der Waals surface area (Å²) < 4.78 is 18.4. The van der Waals surface area contributed by atoms with Crippen LogP contribution in [0.1, 0.15) is 38.8 Å². The van der Waals surface area contributed by atoms with E-state index in [0.29, 0.717) is 24.0 Å². The number of hydrogen-bond acceptors (Lipinski definition) is 6. The average molecular weight is 414 g/mol. The Kier molecular flexibility index (Phi) is 7.32. The van der Waals surface area contributed by atoms with Crippen LogP contribution in [0.25, 0.3) is 0 Å². The first-order valence-electron chi connectivity index (χ1n) is 8.09. The van der Waals surface area contributed by atoms with Crippen molar-refractivity contribution in [3.8, 4) is 0 Å². The Hall–Kier alpha value is -2.00. The quantitative estimate of drug-likeness (QED) is 0.339. The number of hydroxylamine groups is 1. The van der Waals surface area contributed by atoms with Crippen LogP contribution in [0, 0.1) is 11.7 Å². The van der Waals surface area contributed by atoms with Gasteiger partial charge in [-0.15, -0.1) is 0 Å². The van der Waals surface area contributed by atoms with Crippen molar-refractivity contribution in [1.82, 2.24) is 15.8 Å². The third-order valence-electron chi connectivity index (χ3n) is 3.80. The van der Waals surface area contributed by atoms with Crippen LogP contribution in [-0.2, 0) is 0 Å². The van der Waals surface area contributed by atoms with Crippen molar-refractivity contribution in [1.29, 1.82) is 0 Å². The standard InChI is InChI=1S/C16H21BrFN5O2/c1-3-5-10(4-2)9-19-15-14(22-25-23-15)16(21-24)20-11-6-7-13(18)12(17)8-11/h6-8,10,24H,3-5,9H2,1-2H3,(H,19,23)(H,20,21). The molecule has 0 fully saturated rings. The minimum Gasteiger partial charge on any atom is -0.365 e. The van der Waals surface area contributed by atoms with Gasteiger partial charge in [-0.3, -0.25) is 10.7 Å². The molecule has 0 saturated carbocycles. The molecule has 0 saturated heterocycles. The van der Waals surface area contributed by atoms with Gasteiger partial charge in [0.2, 0.25) is 5.82 Å². The average Bonchev–Trinajstić information content (AvgIpc) is 3.07. The zero-order chi connectivity index (χ0) is 18.2. The lowest BCUT2D eigenvalue weighted by Gasteiger charge is -2.14. The SMILES string of the molecule is CCCC(CC)CNc1nonc1C(=Nc1ccc(F)c(Br)c1)NO. The molecule has 25 heavy (non-hydrogen) atoms. The fraction of sp³-hybridized carbons (Fsp3) is 0.438. The fourth-order valence-electron chi connectivity index (χ4n) is 2.37. The van der Waals surface area contributed by atoms with E-state index in [1.165, 1.54) is 18.2 Å². The molecule has 0 aliphatic carbocycles. The largest absolute Gasteiger partial charge is 0.365 e. The molecule has 1 unspecified atom stereocenters. The third kappa shape index (κ3) is 5.23. The summed E-state index contributed by atoms with van der Waals surface area (Å²) in [6.45, 7) is 5.00. The van der Waals surface area contributed by atoms with Gasteiger partial charge < -0.3 is 5.32 Å². The van der Waals surface area contributed by atoms with Crippen LogP contribution in [-0.4, -0.2) is 27.9 Å². The minimum atomic E-state index is -0.399. The number of nitrogens with one attached hydrogen (secondary N) is 2. The van der Waals surface area contributed by atoms with Crippen LogP contribution in [0.3, 0.4) is 0 Å². The lowest BCUT2D eigenvalue weighted by Crippen LogP contribution is -2.23. The summed E-state index contributed by atoms with van der Waals surface area (Å²) in [6, 6.07) is 4.24. The zero-order valence-corrected chi connectivity index (χ0v) is 15.7. The van der Waals surface area contributed by atoms with Crippen LogP contribution in [0.5, 0.6) is 0 Å². The summed E-state index contributed by atoms with van der Waals surface area (Å²) in [4.78, 5) is 4.22. The van der Waals surface area contributed by atoms with Crippen molar-refractivity contribution in [3.63, 3.8) is 0 Å². The van der Waals surface area contributed by atoms with Gasteiger partial charge in [-0.1, -0.05) is 26.7 Å². The fourth-order valence-corrected chi connectivity index (χ4v) is 2.74. The number of rotatable bonds is 8. The number of aromatic nitrogens is 2. The summed E-state index contributed by atoms with van der Waals surface area (Å²) in [5.74, 6) is 0.538. The summed E-state index contributed by atoms with van der Waals surface area (Å²) >= 11 is 3.10. The van der Waals surface area contributed by atoms with E-state index in [4.69, 9.17) is 4.63 Å². The van der Waals surface area contributed by atoms with Crippen LogP contribution >= 0.6 is 15.9 Å². The van der Waals surface area contributed by atoms with Crippen molar-refractivity contribution in [3.05, 3.63) is 34.2 Å². The molecule has 1 heterocycles. The molecule has 0 spiro atoms. The number of benzene rings is 1. The molecular weight excluding hydrogens is 393 g/mol. The van der Waals surface area contributed by atoms with Crippen LogP contribution in [0.2, 0.25) is 0 Å². The zero-order valence-electron chi connectivity index (χ0n) is 14.1. The minimum absolute atomic E-state index is 0.0470. The number of halogens is 2. The van der Waals surface area contributed by atoms with Gasteiger partial charge >= 0.3 is 0 Å². The Morgan fingerprint density at radius 1 is 1.40 bits per heavy atom. The number of aliphatic imine (C=N–C) groups is 1. The lowest BCUT2D eigenvalue weighted by atomic mass is 10.0. The molecule has 0 bridgehead atoms. The highest BCUT2D eigenvalue weighted by atomic mass is 79.9. The second kappa shape index (κ2) is 9.47. The molecule has 2 rings (SSSR count). The first kappa shape index (κ1) is 19.3. The highest BCUT2D eigenvalue weighted by Gasteiger charge is 2.17. The Morgan fingerprint density at radius 2 is 2.20 bits per heavy atom. The van der Waals surface area contributed by atoms with E-state index in [2.05, 4.69) is 50.4 Å². The third-order valence-corrected chi connectivity index (χ3v) is 4.40. The second-order valence-corrected chi connectivity index (χ2v) is 6.43. The number of nitrogens with zero attached hydrogens (tertiary/aromatic N) is 3. The smallest absolute Gasteiger partial charge is 0.202 e. The van der Waals surface area contributed by atoms with E-state index in [1.54, 1.807) is 0 Å². The maximum absolute atomic E-state index is 13.3. The predicted molar refractivity (Wildman–Crippen MR) is 96.7 cm³/mol. The van der Waals surface area contributed by atoms with Gasteiger partial charge in [-0.2, -0.15) is 0 Å². The molecule has 0 aliphatic rings. The number of hydrogen-bond donors (Lipinski definition) is 3. The van der Waals surface area contributed by atoms with Gasteiger partial charge in [0, 0.05) is 6.54 Å². The second-order valence-electron chi connectivity index (χ2n) is 5.58. The highest BCUT2D eigenvalue weighted by molar-refractivity contribution is 9.10. The molecule has 7 nitrogen and oxygen atoms in total. The van der Waals surface area contributed by atoms with Crippen molar-refractivity contribution < 1.29 is 14.2 Å². The molecule has 0 aliphatic heterocycles. The topological polar surface area (TPSA) is 95.6 Å². The number of anilines is 1. The predicted octanol–water partition coefficient (Wildman–Crippen LogP) is 4.27. The molecule has 2 aromatic rings. The molecule has 1 atom stereocenters. The summed E-state index contributed by atoms with van der Waals surface area (Å²) in [5, 5.41) is 20.2. The first-order chi connectivity index (χ1) is 12.1. The van der Waals surface area contributed by atoms with E-state index in [0.717, 1.165) is 19.3 Å². The van der Waals surface area contributed by atoms with E-state index in [1.807, 2.05) is 5.48 Å². The van der Waals surface area contributed by atoms with Crippen LogP contribution in [0.15, 0.2) is 32.3 Å². The van der Waals surface area contributed by atoms with E-state index < -0.39 is 5.82 Å². The van der Waals surface area contributed by atoms with Crippen molar-refractivity contribution >= 4 is 33.3 Å². The molecule has 3 N–H and O–H groups in total. The van der Waals surface area contributed by atoms with Gasteiger partial charge in [0.05, 0.1) is 10.2 Å². The van der Waals surface area contributed by atoms with Crippen LogP contribution in [0.4, 0.5) is 15.9 Å². The maximum Gasteiger partial charge on any atom is 0.202 e. The van der Waals surface area contributed by atoms with Crippen molar-refractivity contribution in [2.45, 2.75) is 33.1 Å². The summed E-state index contributed by atoms with van der Waals surface area (Å²) in [6.07, 6.45) is 3.26. The molecule has 9 heteroatoms. The van der Waals surface area contributed by atoms with Crippen molar-refractivity contribution in [2.24, 2.45) is 10.9 Å². The normalized spacial score (nSPS) is 12.9. The van der Waals surface area contributed by atoms with Gasteiger partial charge in [0.15, 0.2) is 11.5 Å². The monoisotopic (exact) mass is 413 g/mol. The molecular formula is C16H21BrFN5O2. The van der Waals surface area contributed by atoms with Gasteiger partial charge in [-0.25, -0.2) is 14.0 Å².